The minimum absolute atomic E-state index is 0.153. The Morgan fingerprint density at radius 1 is 0.943 bits per heavy atom. The van der Waals surface area contributed by atoms with E-state index in [2.05, 4.69) is 0 Å². The number of amides is 1. The zero-order valence-electron chi connectivity index (χ0n) is 18.7. The van der Waals surface area contributed by atoms with Crippen LogP contribution in [-0.2, 0) is 30.4 Å². The van der Waals surface area contributed by atoms with Gasteiger partial charge in [-0.05, 0) is 27.8 Å². The van der Waals surface area contributed by atoms with E-state index in [-0.39, 0.29) is 36.3 Å². The third-order valence-electron chi connectivity index (χ3n) is 6.60. The number of carboxylic acids is 1. The molecule has 35 heavy (non-hydrogen) atoms. The fraction of sp³-hybridized carbons (Fsp3) is 0.231. The molecule has 0 bridgehead atoms. The van der Waals surface area contributed by atoms with Gasteiger partial charge in [-0.15, -0.1) is 0 Å². The minimum Gasteiger partial charge on any atom is -0.479 e. The van der Waals surface area contributed by atoms with Gasteiger partial charge in [-0.25, -0.2) is 9.59 Å². The van der Waals surface area contributed by atoms with Gasteiger partial charge in [0.2, 0.25) is 0 Å². The number of carbonyl (C=O) groups excluding carboxylic acids is 1. The molecule has 1 heterocycles. The maximum absolute atomic E-state index is 13.3. The molecule has 1 N–H and O–H groups in total. The average Bonchev–Trinajstić information content (AvgIpc) is 3.16. The van der Waals surface area contributed by atoms with E-state index in [0.717, 1.165) is 22.3 Å². The summed E-state index contributed by atoms with van der Waals surface area (Å²) in [5, 5.41) is 10.2. The summed E-state index contributed by atoms with van der Waals surface area (Å²) < 4.78 is 36.4. The Morgan fingerprint density at radius 3 is 2.11 bits per heavy atom. The summed E-state index contributed by atoms with van der Waals surface area (Å²) in [6.07, 6.45) is -1.69. The Kier molecular flexibility index (Phi) is 5.82. The molecule has 0 unspecified atom stereocenters. The lowest BCUT2D eigenvalue weighted by molar-refractivity contribution is -0.150. The number of ether oxygens (including phenoxy) is 1. The molecule has 1 amide bonds. The molecule has 3 aromatic carbocycles. The number of fused-ring (bicyclic) bond motifs is 3. The predicted molar refractivity (Wildman–Crippen MR) is 127 cm³/mol. The lowest BCUT2D eigenvalue weighted by Gasteiger charge is -2.41. The largest absolute Gasteiger partial charge is 0.479 e. The van der Waals surface area contributed by atoms with Gasteiger partial charge in [-0.3, -0.25) is 4.18 Å². The van der Waals surface area contributed by atoms with Crippen molar-refractivity contribution in [1.82, 2.24) is 4.31 Å². The van der Waals surface area contributed by atoms with Crippen LogP contribution in [0.5, 0.6) is 0 Å². The number of rotatable bonds is 5. The number of hydrogen-bond donors (Lipinski definition) is 1. The fourth-order valence-electron chi connectivity index (χ4n) is 4.97. The second kappa shape index (κ2) is 8.83. The van der Waals surface area contributed by atoms with Gasteiger partial charge in [-0.2, -0.15) is 12.7 Å². The van der Waals surface area contributed by atoms with Crippen LogP contribution in [0.4, 0.5) is 4.79 Å². The third kappa shape index (κ3) is 3.96. The number of benzene rings is 3. The van der Waals surface area contributed by atoms with Crippen LogP contribution in [0.25, 0.3) is 11.1 Å². The summed E-state index contributed by atoms with van der Waals surface area (Å²) in [5.41, 5.74) is 2.44. The summed E-state index contributed by atoms with van der Waals surface area (Å²) >= 11 is 0. The van der Waals surface area contributed by atoms with Gasteiger partial charge in [-0.1, -0.05) is 78.9 Å². The Labute approximate surface area is 203 Å². The van der Waals surface area contributed by atoms with E-state index in [1.807, 2.05) is 48.5 Å². The second-order valence-corrected chi connectivity index (χ2v) is 10.1. The van der Waals surface area contributed by atoms with Crippen LogP contribution < -0.4 is 0 Å². The van der Waals surface area contributed by atoms with Gasteiger partial charge >= 0.3 is 22.4 Å². The van der Waals surface area contributed by atoms with E-state index in [1.165, 1.54) is 0 Å². The molecule has 0 radical (unpaired) electrons. The van der Waals surface area contributed by atoms with Crippen molar-refractivity contribution in [2.75, 3.05) is 13.2 Å². The van der Waals surface area contributed by atoms with E-state index in [1.54, 1.807) is 30.3 Å². The highest BCUT2D eigenvalue weighted by Gasteiger charge is 2.57. The molecular formula is C26H23NO7S. The highest BCUT2D eigenvalue weighted by atomic mass is 32.2. The topological polar surface area (TPSA) is 110 Å². The van der Waals surface area contributed by atoms with Gasteiger partial charge < -0.3 is 9.84 Å². The molecule has 0 saturated carbocycles. The highest BCUT2D eigenvalue weighted by molar-refractivity contribution is 7.85. The molecule has 0 aromatic heterocycles. The Morgan fingerprint density at radius 2 is 1.51 bits per heavy atom. The maximum Gasteiger partial charge on any atom is 0.426 e. The first-order valence-corrected chi connectivity index (χ1v) is 12.5. The van der Waals surface area contributed by atoms with Crippen LogP contribution in [0.1, 0.15) is 29.0 Å². The molecule has 3 aromatic rings. The molecule has 1 aliphatic carbocycles. The van der Waals surface area contributed by atoms with Crippen LogP contribution in [0.15, 0.2) is 78.9 Å². The Bertz CT molecular complexity index is 1340. The zero-order chi connectivity index (χ0) is 24.6. The first-order valence-electron chi connectivity index (χ1n) is 11.2. The van der Waals surface area contributed by atoms with Gasteiger partial charge in [0, 0.05) is 18.8 Å². The van der Waals surface area contributed by atoms with Crippen molar-refractivity contribution in [3.05, 3.63) is 95.6 Å². The molecule has 8 nitrogen and oxygen atoms in total. The number of hydrogen-bond acceptors (Lipinski definition) is 6. The highest BCUT2D eigenvalue weighted by Crippen LogP contribution is 2.45. The van der Waals surface area contributed by atoms with Crippen molar-refractivity contribution in [2.24, 2.45) is 0 Å². The second-order valence-electron chi connectivity index (χ2n) is 8.60. The maximum atomic E-state index is 13.3. The van der Waals surface area contributed by atoms with Crippen LogP contribution in [-0.4, -0.2) is 48.6 Å². The van der Waals surface area contributed by atoms with Crippen LogP contribution in [0.2, 0.25) is 0 Å². The first kappa shape index (κ1) is 23.1. The number of carboxylic acid groups (broad SMARTS) is 1. The van der Waals surface area contributed by atoms with E-state index < -0.39 is 27.9 Å². The summed E-state index contributed by atoms with van der Waals surface area (Å²) in [6, 6.07) is 24.0. The third-order valence-corrected chi connectivity index (χ3v) is 8.01. The van der Waals surface area contributed by atoms with Crippen LogP contribution in [0.3, 0.4) is 0 Å². The van der Waals surface area contributed by atoms with E-state index in [4.69, 9.17) is 8.92 Å². The molecule has 0 spiro atoms. The molecule has 5 rings (SSSR count). The molecule has 9 heteroatoms. The van der Waals surface area contributed by atoms with Crippen LogP contribution >= 0.6 is 0 Å². The van der Waals surface area contributed by atoms with Gasteiger partial charge in [0.1, 0.15) is 6.61 Å². The summed E-state index contributed by atoms with van der Waals surface area (Å²) in [6.45, 7) is -0.505. The zero-order valence-corrected chi connectivity index (χ0v) is 19.5. The predicted octanol–water partition coefficient (Wildman–Crippen LogP) is 3.97. The molecule has 1 fully saturated rings. The monoisotopic (exact) mass is 493 g/mol. The van der Waals surface area contributed by atoms with E-state index >= 15 is 0 Å². The molecule has 2 aliphatic rings. The van der Waals surface area contributed by atoms with Crippen LogP contribution in [0, 0.1) is 0 Å². The van der Waals surface area contributed by atoms with Crippen molar-refractivity contribution in [3.63, 3.8) is 0 Å². The van der Waals surface area contributed by atoms with Crippen molar-refractivity contribution in [1.29, 1.82) is 0 Å². The number of nitrogens with zero attached hydrogens (tertiary/aromatic N) is 1. The lowest BCUT2D eigenvalue weighted by atomic mass is 9.87. The summed E-state index contributed by atoms with van der Waals surface area (Å²) in [4.78, 5) is 25.8. The van der Waals surface area contributed by atoms with Gasteiger partial charge in [0.05, 0.1) is 6.61 Å². The summed E-state index contributed by atoms with van der Waals surface area (Å²) in [5.74, 6) is -1.75. The molecule has 1 atom stereocenters. The van der Waals surface area contributed by atoms with Crippen molar-refractivity contribution >= 4 is 22.4 Å². The lowest BCUT2D eigenvalue weighted by Crippen LogP contribution is -2.64. The smallest absolute Gasteiger partial charge is 0.426 e. The molecule has 1 saturated heterocycles. The molecule has 1 aliphatic heterocycles. The SMILES string of the molecule is O=C(OCC1c2ccccc2-c2ccccc21)N1[C@](Cc2ccccc2)(C(=O)O)CCOS1(=O)=O. The summed E-state index contributed by atoms with van der Waals surface area (Å²) in [7, 11) is -4.68. The normalized spacial score (nSPS) is 20.6. The van der Waals surface area contributed by atoms with Crippen molar-refractivity contribution in [3.8, 4) is 11.1 Å². The van der Waals surface area contributed by atoms with Crippen molar-refractivity contribution in [2.45, 2.75) is 24.3 Å². The van der Waals surface area contributed by atoms with E-state index in [9.17, 15) is 23.1 Å². The van der Waals surface area contributed by atoms with Gasteiger partial charge in [0.25, 0.3) is 0 Å². The van der Waals surface area contributed by atoms with Crippen molar-refractivity contribution < 1.29 is 32.0 Å². The Hall–Kier alpha value is -3.69. The minimum atomic E-state index is -4.68. The molecule has 180 valence electrons. The number of carbonyl (C=O) groups is 2. The average molecular weight is 494 g/mol. The van der Waals surface area contributed by atoms with Gasteiger partial charge in [0.15, 0.2) is 5.54 Å². The fourth-order valence-corrected chi connectivity index (χ4v) is 6.26. The molecular weight excluding hydrogens is 470 g/mol. The first-order chi connectivity index (χ1) is 16.8. The number of aliphatic carboxylic acids is 1. The standard InChI is InChI=1S/C26H23NO7S/c28-24(29)26(16-18-8-2-1-3-9-18)14-15-34-35(31,32)27(26)25(30)33-17-23-21-12-6-4-10-19(21)20-11-5-7-13-22(20)23/h1-13,23H,14-17H2,(H,28,29)/t26-/m1/s1. The van der Waals surface area contributed by atoms with E-state index in [0.29, 0.717) is 5.56 Å². The Balaban J connectivity index is 1.46. The quantitative estimate of drug-likeness (QED) is 0.573.